The zero-order chi connectivity index (χ0) is 15.3. The van der Waals surface area contributed by atoms with E-state index >= 15 is 0 Å². The fraction of sp³-hybridized carbons (Fsp3) is 0.375. The van der Waals surface area contributed by atoms with Crippen LogP contribution in [0.5, 0.6) is 5.75 Å². The van der Waals surface area contributed by atoms with Crippen LogP contribution in [-0.2, 0) is 9.53 Å². The maximum absolute atomic E-state index is 11.7. The fourth-order valence-electron chi connectivity index (χ4n) is 2.06. The number of aromatic nitrogens is 1. The third kappa shape index (κ3) is 3.49. The van der Waals surface area contributed by atoms with E-state index in [-0.39, 0.29) is 5.97 Å². The summed E-state index contributed by atoms with van der Waals surface area (Å²) in [6.07, 6.45) is 2.26. The Kier molecular flexibility index (Phi) is 4.75. The number of carbonyl (C=O) groups excluding carboxylic acids is 1. The van der Waals surface area contributed by atoms with Gasteiger partial charge in [-0.2, -0.15) is 0 Å². The Hall–Kier alpha value is -2.14. The zero-order valence-corrected chi connectivity index (χ0v) is 12.6. The molecule has 0 radical (unpaired) electrons. The molecule has 1 N–H and O–H groups in total. The predicted octanol–water partition coefficient (Wildman–Crippen LogP) is 2.15. The first kappa shape index (κ1) is 15.3. The minimum atomic E-state index is -0.746. The number of nitrogens with zero attached hydrogens (tertiary/aromatic N) is 1. The van der Waals surface area contributed by atoms with Crippen molar-refractivity contribution >= 4 is 16.9 Å². The van der Waals surface area contributed by atoms with Gasteiger partial charge in [0, 0.05) is 24.1 Å². The summed E-state index contributed by atoms with van der Waals surface area (Å²) in [4.78, 5) is 16.0. The third-order valence-corrected chi connectivity index (χ3v) is 3.64. The van der Waals surface area contributed by atoms with Crippen LogP contribution in [0.2, 0.25) is 0 Å². The van der Waals surface area contributed by atoms with E-state index in [1.54, 1.807) is 20.2 Å². The molecule has 1 atom stereocenters. The lowest BCUT2D eigenvalue weighted by Crippen LogP contribution is -2.49. The first-order valence-electron chi connectivity index (χ1n) is 6.84. The minimum absolute atomic E-state index is 0.297. The first-order chi connectivity index (χ1) is 10.1. The van der Waals surface area contributed by atoms with Crippen LogP contribution in [-0.4, -0.2) is 37.3 Å². The molecule has 5 nitrogen and oxygen atoms in total. The Morgan fingerprint density at radius 1 is 1.38 bits per heavy atom. The maximum Gasteiger partial charge on any atom is 0.325 e. The van der Waals surface area contributed by atoms with Crippen LogP contribution in [0, 0.1) is 0 Å². The lowest BCUT2D eigenvalue weighted by molar-refractivity contribution is -0.148. The summed E-state index contributed by atoms with van der Waals surface area (Å²) in [5.74, 6) is 0.443. The van der Waals surface area contributed by atoms with Gasteiger partial charge >= 0.3 is 5.97 Å². The number of ether oxygens (including phenoxy) is 2. The molecule has 2 aromatic rings. The molecule has 112 valence electrons. The molecule has 0 aliphatic rings. The van der Waals surface area contributed by atoms with Gasteiger partial charge in [-0.3, -0.25) is 9.78 Å². The number of hydrogen-bond acceptors (Lipinski definition) is 5. The lowest BCUT2D eigenvalue weighted by Gasteiger charge is -2.25. The lowest BCUT2D eigenvalue weighted by atomic mass is 9.99. The van der Waals surface area contributed by atoms with Crippen LogP contribution in [0.15, 0.2) is 36.5 Å². The van der Waals surface area contributed by atoms with E-state index in [1.165, 1.54) is 7.11 Å². The molecular formula is C16H20N2O3. The van der Waals surface area contributed by atoms with Crippen molar-refractivity contribution in [1.82, 2.24) is 10.3 Å². The first-order valence-corrected chi connectivity index (χ1v) is 6.84. The summed E-state index contributed by atoms with van der Waals surface area (Å²) < 4.78 is 10.5. The SMILES string of the molecule is CNC(C)(CCOc1ccc2cccnc2c1)C(=O)OC. The molecule has 1 aromatic heterocycles. The molecule has 1 heterocycles. The van der Waals surface area contributed by atoms with E-state index in [0.29, 0.717) is 13.0 Å². The number of likely N-dealkylation sites (N-methyl/N-ethyl adjacent to an activating group) is 1. The molecule has 0 spiro atoms. The van der Waals surface area contributed by atoms with Crippen molar-refractivity contribution in [2.45, 2.75) is 18.9 Å². The number of methoxy groups -OCH3 is 1. The van der Waals surface area contributed by atoms with Gasteiger partial charge < -0.3 is 14.8 Å². The highest BCUT2D eigenvalue weighted by molar-refractivity contribution is 5.80. The normalized spacial score (nSPS) is 13.7. The van der Waals surface area contributed by atoms with Crippen LogP contribution >= 0.6 is 0 Å². The molecule has 1 aromatic carbocycles. The van der Waals surface area contributed by atoms with Crippen molar-refractivity contribution in [2.75, 3.05) is 20.8 Å². The number of benzene rings is 1. The van der Waals surface area contributed by atoms with Gasteiger partial charge in [0.2, 0.25) is 0 Å². The summed E-state index contributed by atoms with van der Waals surface area (Å²) in [6.45, 7) is 2.20. The Bertz CT molecular complexity index is 630. The summed E-state index contributed by atoms with van der Waals surface area (Å²) >= 11 is 0. The maximum atomic E-state index is 11.7. The van der Waals surface area contributed by atoms with Gasteiger partial charge in [0.25, 0.3) is 0 Å². The average molecular weight is 288 g/mol. The standard InChI is InChI=1S/C16H20N2O3/c1-16(17-2,15(19)20-3)8-10-21-13-7-6-12-5-4-9-18-14(12)11-13/h4-7,9,11,17H,8,10H2,1-3H3. The van der Waals surface area contributed by atoms with E-state index < -0.39 is 5.54 Å². The van der Waals surface area contributed by atoms with Crippen LogP contribution < -0.4 is 10.1 Å². The van der Waals surface area contributed by atoms with E-state index in [1.807, 2.05) is 30.3 Å². The average Bonchev–Trinajstić information content (AvgIpc) is 2.53. The number of nitrogens with one attached hydrogen (secondary N) is 1. The van der Waals surface area contributed by atoms with Crippen LogP contribution in [0.4, 0.5) is 0 Å². The highest BCUT2D eigenvalue weighted by atomic mass is 16.5. The van der Waals surface area contributed by atoms with Crippen LogP contribution in [0.1, 0.15) is 13.3 Å². The van der Waals surface area contributed by atoms with Crippen molar-refractivity contribution in [1.29, 1.82) is 0 Å². The van der Waals surface area contributed by atoms with E-state index in [2.05, 4.69) is 10.3 Å². The molecule has 2 rings (SSSR count). The number of hydrogen-bond donors (Lipinski definition) is 1. The molecule has 5 heteroatoms. The molecular weight excluding hydrogens is 268 g/mol. The number of carbonyl (C=O) groups is 1. The van der Waals surface area contributed by atoms with Crippen LogP contribution in [0.25, 0.3) is 10.9 Å². The molecule has 1 unspecified atom stereocenters. The minimum Gasteiger partial charge on any atom is -0.493 e. The summed E-state index contributed by atoms with van der Waals surface area (Å²) in [5, 5.41) is 4.05. The van der Waals surface area contributed by atoms with E-state index in [4.69, 9.17) is 9.47 Å². The van der Waals surface area contributed by atoms with Gasteiger partial charge in [-0.1, -0.05) is 6.07 Å². The zero-order valence-electron chi connectivity index (χ0n) is 12.6. The second-order valence-electron chi connectivity index (χ2n) is 5.03. The molecule has 0 bridgehead atoms. The molecule has 0 saturated heterocycles. The number of esters is 1. The van der Waals surface area contributed by atoms with Gasteiger partial charge in [0.05, 0.1) is 19.2 Å². The topological polar surface area (TPSA) is 60.5 Å². The number of fused-ring (bicyclic) bond motifs is 1. The molecule has 21 heavy (non-hydrogen) atoms. The highest BCUT2D eigenvalue weighted by Gasteiger charge is 2.32. The highest BCUT2D eigenvalue weighted by Crippen LogP contribution is 2.20. The Labute approximate surface area is 124 Å². The largest absolute Gasteiger partial charge is 0.493 e. The van der Waals surface area contributed by atoms with Crippen molar-refractivity contribution in [3.63, 3.8) is 0 Å². The monoisotopic (exact) mass is 288 g/mol. The van der Waals surface area contributed by atoms with E-state index in [9.17, 15) is 4.79 Å². The Balaban J connectivity index is 2.00. The van der Waals surface area contributed by atoms with Gasteiger partial charge in [0.15, 0.2) is 0 Å². The fourth-order valence-corrected chi connectivity index (χ4v) is 2.06. The van der Waals surface area contributed by atoms with Gasteiger partial charge in [-0.15, -0.1) is 0 Å². The van der Waals surface area contributed by atoms with Crippen molar-refractivity contribution < 1.29 is 14.3 Å². The summed E-state index contributed by atoms with van der Waals surface area (Å²) in [5.41, 5.74) is 0.142. The van der Waals surface area contributed by atoms with Gasteiger partial charge in [0.1, 0.15) is 11.3 Å². The molecule has 0 aliphatic heterocycles. The number of pyridine rings is 1. The Morgan fingerprint density at radius 2 is 2.19 bits per heavy atom. The van der Waals surface area contributed by atoms with Crippen molar-refractivity contribution in [3.05, 3.63) is 36.5 Å². The van der Waals surface area contributed by atoms with Crippen molar-refractivity contribution in [3.8, 4) is 5.75 Å². The predicted molar refractivity (Wildman–Crippen MR) is 81.3 cm³/mol. The van der Waals surface area contributed by atoms with Crippen molar-refractivity contribution in [2.24, 2.45) is 0 Å². The summed E-state index contributed by atoms with van der Waals surface area (Å²) in [6, 6.07) is 9.66. The molecule has 0 saturated carbocycles. The second-order valence-corrected chi connectivity index (χ2v) is 5.03. The summed E-state index contributed by atoms with van der Waals surface area (Å²) in [7, 11) is 3.12. The molecule has 0 aliphatic carbocycles. The Morgan fingerprint density at radius 3 is 2.90 bits per heavy atom. The quantitative estimate of drug-likeness (QED) is 0.825. The van der Waals surface area contributed by atoms with Gasteiger partial charge in [-0.05, 0) is 32.2 Å². The molecule has 0 fully saturated rings. The van der Waals surface area contributed by atoms with Gasteiger partial charge in [-0.25, -0.2) is 0 Å². The number of rotatable bonds is 6. The van der Waals surface area contributed by atoms with Crippen LogP contribution in [0.3, 0.4) is 0 Å². The smallest absolute Gasteiger partial charge is 0.325 e. The third-order valence-electron chi connectivity index (χ3n) is 3.64. The second kappa shape index (κ2) is 6.54. The molecule has 0 amide bonds. The van der Waals surface area contributed by atoms with E-state index in [0.717, 1.165) is 16.7 Å².